The van der Waals surface area contributed by atoms with Crippen LogP contribution in [0.3, 0.4) is 0 Å². The van der Waals surface area contributed by atoms with E-state index >= 15 is 0 Å². The predicted molar refractivity (Wildman–Crippen MR) is 77.5 cm³/mol. The summed E-state index contributed by atoms with van der Waals surface area (Å²) in [7, 11) is 0. The Labute approximate surface area is 134 Å². The average Bonchev–Trinajstić information content (AvgIpc) is 2.56. The number of aliphatic hydroxyl groups is 2. The van der Waals surface area contributed by atoms with Crippen LogP contribution in [0.4, 0.5) is 17.6 Å². The van der Waals surface area contributed by atoms with Gasteiger partial charge in [-0.2, -0.15) is 0 Å². The monoisotopic (exact) mass is 349 g/mol. The average molecular weight is 349 g/mol. The molecular weight excluding hydrogens is 334 g/mol. The van der Waals surface area contributed by atoms with Crippen LogP contribution in [-0.4, -0.2) is 41.7 Å². The lowest BCUT2D eigenvalue weighted by molar-refractivity contribution is -0.137. The maximum atomic E-state index is 13.8. The number of hydrogen-bond acceptors (Lipinski definition) is 5. The molecule has 0 saturated heterocycles. The fraction of sp³-hybridized carbons (Fsp3) is 0.333. The van der Waals surface area contributed by atoms with Crippen LogP contribution in [0.1, 0.15) is 19.4 Å². The number of carbonyl (C=O) groups is 1. The first kappa shape index (κ1) is 19.6. The van der Waals surface area contributed by atoms with Crippen LogP contribution < -0.4 is 0 Å². The van der Waals surface area contributed by atoms with E-state index in [0.29, 0.717) is 0 Å². The van der Waals surface area contributed by atoms with Gasteiger partial charge < -0.3 is 14.9 Å². The molecule has 0 aliphatic rings. The van der Waals surface area contributed by atoms with Crippen molar-refractivity contribution in [1.29, 1.82) is 0 Å². The molecule has 2 N–H and O–H groups in total. The normalized spacial score (nSPS) is 13.8. The summed E-state index contributed by atoms with van der Waals surface area (Å²) in [6.45, 7) is 2.43. The first-order valence-corrected chi connectivity index (χ1v) is 6.82. The van der Waals surface area contributed by atoms with Crippen LogP contribution in [0.15, 0.2) is 16.6 Å². The van der Waals surface area contributed by atoms with Gasteiger partial charge in [0.15, 0.2) is 23.3 Å². The molecule has 0 saturated carbocycles. The number of carbonyl (C=O) groups excluding carboxylic acids is 1. The highest BCUT2D eigenvalue weighted by atomic mass is 19.2. The van der Waals surface area contributed by atoms with E-state index in [9.17, 15) is 27.5 Å². The van der Waals surface area contributed by atoms with Crippen LogP contribution in [0.2, 0.25) is 0 Å². The summed E-state index contributed by atoms with van der Waals surface area (Å²) in [5, 5.41) is 18.9. The second-order valence-electron chi connectivity index (χ2n) is 4.64. The van der Waals surface area contributed by atoms with E-state index in [2.05, 4.69) is 9.73 Å². The van der Waals surface area contributed by atoms with Crippen LogP contribution in [-0.2, 0) is 9.53 Å². The van der Waals surface area contributed by atoms with Crippen molar-refractivity contribution in [3.63, 3.8) is 0 Å². The highest BCUT2D eigenvalue weighted by Crippen LogP contribution is 2.25. The Morgan fingerprint density at radius 3 is 2.46 bits per heavy atom. The topological polar surface area (TPSA) is 79.1 Å². The zero-order valence-corrected chi connectivity index (χ0v) is 12.8. The van der Waals surface area contributed by atoms with E-state index in [0.717, 1.165) is 6.21 Å². The first-order chi connectivity index (χ1) is 11.2. The Morgan fingerprint density at radius 2 is 1.92 bits per heavy atom. The molecule has 0 radical (unpaired) electrons. The Bertz CT molecular complexity index is 689. The van der Waals surface area contributed by atoms with Crippen LogP contribution in [0, 0.1) is 23.3 Å². The van der Waals surface area contributed by atoms with Gasteiger partial charge in [0.05, 0.1) is 24.8 Å². The lowest BCUT2D eigenvalue weighted by Crippen LogP contribution is -2.14. The molecule has 132 valence electrons. The Morgan fingerprint density at radius 1 is 1.29 bits per heavy atom. The number of nitrogens with zero attached hydrogens (tertiary/aromatic N) is 1. The van der Waals surface area contributed by atoms with Gasteiger partial charge in [0, 0.05) is 6.21 Å². The molecule has 1 atom stereocenters. The highest BCUT2D eigenvalue weighted by Gasteiger charge is 2.25. The lowest BCUT2D eigenvalue weighted by atomic mass is 10.1. The van der Waals surface area contributed by atoms with Gasteiger partial charge in [0.25, 0.3) is 0 Å². The van der Waals surface area contributed by atoms with E-state index < -0.39 is 52.2 Å². The fourth-order valence-electron chi connectivity index (χ4n) is 1.56. The van der Waals surface area contributed by atoms with E-state index in [1.165, 1.54) is 13.8 Å². The summed E-state index contributed by atoms with van der Waals surface area (Å²) >= 11 is 0. The van der Waals surface area contributed by atoms with Gasteiger partial charge >= 0.3 is 5.97 Å². The van der Waals surface area contributed by atoms with Crippen molar-refractivity contribution in [2.75, 3.05) is 13.2 Å². The third kappa shape index (κ3) is 4.31. The molecule has 0 aliphatic heterocycles. The molecule has 0 amide bonds. The van der Waals surface area contributed by atoms with Crippen molar-refractivity contribution < 1.29 is 37.3 Å². The summed E-state index contributed by atoms with van der Waals surface area (Å²) < 4.78 is 57.9. The molecule has 0 aromatic heterocycles. The number of benzene rings is 1. The molecule has 0 bridgehead atoms. The van der Waals surface area contributed by atoms with E-state index in [-0.39, 0.29) is 19.3 Å². The number of aliphatic hydroxyl groups excluding tert-OH is 2. The van der Waals surface area contributed by atoms with Gasteiger partial charge in [-0.3, -0.25) is 4.99 Å². The molecule has 0 aliphatic carbocycles. The van der Waals surface area contributed by atoms with Crippen molar-refractivity contribution in [1.82, 2.24) is 0 Å². The van der Waals surface area contributed by atoms with Crippen molar-refractivity contribution >= 4 is 17.9 Å². The third-order valence-corrected chi connectivity index (χ3v) is 2.83. The van der Waals surface area contributed by atoms with E-state index in [1.54, 1.807) is 0 Å². The van der Waals surface area contributed by atoms with Crippen molar-refractivity contribution in [2.24, 2.45) is 4.99 Å². The number of hydrogen-bond donors (Lipinski definition) is 2. The SMILES string of the molecule is CCOC(=O)C(C=N[C@@H](C)CO)=C(O)c1cc(F)c(F)c(F)c1F. The smallest absolute Gasteiger partial charge is 0.343 e. The van der Waals surface area contributed by atoms with Gasteiger partial charge in [-0.25, -0.2) is 22.4 Å². The number of halogens is 4. The van der Waals surface area contributed by atoms with E-state index in [4.69, 9.17) is 5.11 Å². The molecule has 0 unspecified atom stereocenters. The van der Waals surface area contributed by atoms with Crippen LogP contribution in [0.5, 0.6) is 0 Å². The minimum Gasteiger partial charge on any atom is -0.506 e. The Kier molecular flexibility index (Phi) is 6.90. The van der Waals surface area contributed by atoms with Gasteiger partial charge in [0.2, 0.25) is 0 Å². The molecule has 0 fully saturated rings. The minimum absolute atomic E-state index is 0.104. The lowest BCUT2D eigenvalue weighted by Gasteiger charge is -2.09. The molecule has 0 spiro atoms. The largest absolute Gasteiger partial charge is 0.506 e. The molecule has 5 nitrogen and oxygen atoms in total. The zero-order valence-electron chi connectivity index (χ0n) is 12.8. The second-order valence-corrected chi connectivity index (χ2v) is 4.64. The molecule has 1 aromatic carbocycles. The second kappa shape index (κ2) is 8.44. The van der Waals surface area contributed by atoms with Crippen molar-refractivity contribution in [2.45, 2.75) is 19.9 Å². The summed E-state index contributed by atoms with van der Waals surface area (Å²) in [4.78, 5) is 15.5. The number of ether oxygens (including phenoxy) is 1. The summed E-state index contributed by atoms with van der Waals surface area (Å²) in [5.41, 5.74) is -1.78. The first-order valence-electron chi connectivity index (χ1n) is 6.82. The maximum Gasteiger partial charge on any atom is 0.343 e. The van der Waals surface area contributed by atoms with Gasteiger partial charge in [-0.15, -0.1) is 0 Å². The minimum atomic E-state index is -2.14. The Hall–Kier alpha value is -2.42. The molecular formula is C15H15F4NO4. The zero-order chi connectivity index (χ0) is 18.4. The predicted octanol–water partition coefficient (Wildman–Crippen LogP) is 2.53. The summed E-state index contributed by atoms with van der Waals surface area (Å²) in [5.74, 6) is -10.1. The van der Waals surface area contributed by atoms with Crippen molar-refractivity contribution in [3.8, 4) is 0 Å². The molecule has 9 heteroatoms. The quantitative estimate of drug-likeness (QED) is 0.157. The van der Waals surface area contributed by atoms with Crippen molar-refractivity contribution in [3.05, 3.63) is 40.5 Å². The molecule has 1 aromatic rings. The van der Waals surface area contributed by atoms with Gasteiger partial charge in [-0.1, -0.05) is 0 Å². The number of esters is 1. The van der Waals surface area contributed by atoms with Crippen LogP contribution >= 0.6 is 0 Å². The summed E-state index contributed by atoms with van der Waals surface area (Å²) in [6, 6.07) is -0.472. The van der Waals surface area contributed by atoms with Gasteiger partial charge in [0.1, 0.15) is 11.3 Å². The van der Waals surface area contributed by atoms with Gasteiger partial charge in [-0.05, 0) is 19.9 Å². The maximum absolute atomic E-state index is 13.8. The standard InChI is InChI=1S/C15H15F4NO4/c1-3-24-15(23)9(5-20-7(2)6-21)14(22)8-4-10(16)12(18)13(19)11(8)17/h4-5,7,21-22H,3,6H2,1-2H3/t7-/m0/s1. The van der Waals surface area contributed by atoms with E-state index in [1.807, 2.05) is 0 Å². The molecule has 0 heterocycles. The highest BCUT2D eigenvalue weighted by molar-refractivity contribution is 6.15. The fourth-order valence-corrected chi connectivity index (χ4v) is 1.56. The molecule has 1 rings (SSSR count). The number of aliphatic imine (C=N–C) groups is 1. The molecule has 24 heavy (non-hydrogen) atoms. The Balaban J connectivity index is 3.53. The van der Waals surface area contributed by atoms with Crippen LogP contribution in [0.25, 0.3) is 5.76 Å². The summed E-state index contributed by atoms with van der Waals surface area (Å²) in [6.07, 6.45) is 0.771. The third-order valence-electron chi connectivity index (χ3n) is 2.83. The number of rotatable bonds is 6.